The number of hydrogen-bond acceptors (Lipinski definition) is 6. The third kappa shape index (κ3) is 3.39. The van der Waals surface area contributed by atoms with Crippen LogP contribution in [0.3, 0.4) is 0 Å². The number of carbonyl (C=O) groups excluding carboxylic acids is 1. The van der Waals surface area contributed by atoms with Gasteiger partial charge < -0.3 is 15.9 Å². The van der Waals surface area contributed by atoms with Crippen molar-refractivity contribution in [3.63, 3.8) is 0 Å². The Morgan fingerprint density at radius 1 is 1.41 bits per heavy atom. The Bertz CT molecular complexity index is 711. The second-order valence-corrected chi connectivity index (χ2v) is 4.61. The van der Waals surface area contributed by atoms with Gasteiger partial charge in [0, 0.05) is 28.6 Å². The molecule has 22 heavy (non-hydrogen) atoms. The maximum absolute atomic E-state index is 11.9. The smallest absolute Gasteiger partial charge is 0.271 e. The van der Waals surface area contributed by atoms with Gasteiger partial charge in [0.05, 0.1) is 18.5 Å². The van der Waals surface area contributed by atoms with E-state index in [1.54, 1.807) is 31.2 Å². The van der Waals surface area contributed by atoms with Gasteiger partial charge in [-0.1, -0.05) is 0 Å². The standard InChI is InChI=1S/C15H16N4O3/c1-9-14(21)13(11(8-20)6-17-9)7-18-19-15(22)10-2-4-12(16)5-3-10/h2-7,20-21H,8,16H2,1H3,(H,19,22). The van der Waals surface area contributed by atoms with Crippen LogP contribution in [-0.4, -0.2) is 27.3 Å². The number of nitrogens with one attached hydrogen (secondary N) is 1. The molecule has 1 aromatic carbocycles. The minimum absolute atomic E-state index is 0.0861. The lowest BCUT2D eigenvalue weighted by Gasteiger charge is -2.07. The van der Waals surface area contributed by atoms with Crippen molar-refractivity contribution in [3.05, 3.63) is 52.8 Å². The molecule has 0 saturated heterocycles. The molecule has 1 amide bonds. The number of nitrogen functional groups attached to an aromatic ring is 1. The fraction of sp³-hybridized carbons (Fsp3) is 0.133. The topological polar surface area (TPSA) is 121 Å². The number of aryl methyl sites for hydroxylation is 1. The number of aliphatic hydroxyl groups excluding tert-OH is 1. The third-order valence-corrected chi connectivity index (χ3v) is 3.06. The highest BCUT2D eigenvalue weighted by Gasteiger charge is 2.09. The highest BCUT2D eigenvalue weighted by atomic mass is 16.3. The average Bonchev–Trinajstić information content (AvgIpc) is 2.52. The van der Waals surface area contributed by atoms with Crippen molar-refractivity contribution in [2.75, 3.05) is 5.73 Å². The summed E-state index contributed by atoms with van der Waals surface area (Å²) in [5.41, 5.74) is 9.98. The van der Waals surface area contributed by atoms with Crippen LogP contribution < -0.4 is 11.2 Å². The van der Waals surface area contributed by atoms with Crippen molar-refractivity contribution in [1.82, 2.24) is 10.4 Å². The highest BCUT2D eigenvalue weighted by molar-refractivity contribution is 5.95. The first-order valence-corrected chi connectivity index (χ1v) is 6.50. The number of pyridine rings is 1. The van der Waals surface area contributed by atoms with E-state index < -0.39 is 5.91 Å². The van der Waals surface area contributed by atoms with Crippen LogP contribution in [0.25, 0.3) is 0 Å². The molecule has 7 nitrogen and oxygen atoms in total. The van der Waals surface area contributed by atoms with Gasteiger partial charge >= 0.3 is 0 Å². The van der Waals surface area contributed by atoms with Gasteiger partial charge in [-0.3, -0.25) is 9.78 Å². The Hall–Kier alpha value is -2.93. The summed E-state index contributed by atoms with van der Waals surface area (Å²) in [6, 6.07) is 6.38. The fourth-order valence-corrected chi connectivity index (χ4v) is 1.78. The van der Waals surface area contributed by atoms with Crippen LogP contribution >= 0.6 is 0 Å². The van der Waals surface area contributed by atoms with Crippen LogP contribution in [0.1, 0.15) is 27.2 Å². The number of hydrazone groups is 1. The lowest BCUT2D eigenvalue weighted by molar-refractivity contribution is 0.0955. The van der Waals surface area contributed by atoms with Gasteiger partial charge in [-0.25, -0.2) is 5.43 Å². The summed E-state index contributed by atoms with van der Waals surface area (Å²) in [6.07, 6.45) is 2.71. The summed E-state index contributed by atoms with van der Waals surface area (Å²) >= 11 is 0. The number of amides is 1. The van der Waals surface area contributed by atoms with Gasteiger partial charge in [-0.2, -0.15) is 5.10 Å². The van der Waals surface area contributed by atoms with E-state index in [1.165, 1.54) is 12.4 Å². The van der Waals surface area contributed by atoms with Crippen molar-refractivity contribution < 1.29 is 15.0 Å². The summed E-state index contributed by atoms with van der Waals surface area (Å²) in [4.78, 5) is 15.8. The predicted octanol–water partition coefficient (Wildman–Crippen LogP) is 0.934. The molecule has 0 aliphatic heterocycles. The quantitative estimate of drug-likeness (QED) is 0.380. The molecule has 0 spiro atoms. The number of nitrogens with zero attached hydrogens (tertiary/aromatic N) is 2. The Morgan fingerprint density at radius 3 is 2.73 bits per heavy atom. The number of carbonyl (C=O) groups is 1. The van der Waals surface area contributed by atoms with Crippen molar-refractivity contribution >= 4 is 17.8 Å². The Morgan fingerprint density at radius 2 is 2.09 bits per heavy atom. The van der Waals surface area contributed by atoms with Crippen LogP contribution in [0.15, 0.2) is 35.6 Å². The summed E-state index contributed by atoms with van der Waals surface area (Å²) in [6.45, 7) is 1.33. The molecule has 0 fully saturated rings. The maximum Gasteiger partial charge on any atom is 0.271 e. The van der Waals surface area contributed by atoms with E-state index in [2.05, 4.69) is 15.5 Å². The van der Waals surface area contributed by atoms with Crippen LogP contribution in [0, 0.1) is 6.92 Å². The molecule has 0 radical (unpaired) electrons. The lowest BCUT2D eigenvalue weighted by atomic mass is 10.1. The minimum atomic E-state index is -0.410. The molecular weight excluding hydrogens is 284 g/mol. The second kappa shape index (κ2) is 6.68. The van der Waals surface area contributed by atoms with Gasteiger partial charge in [0.15, 0.2) is 0 Å². The van der Waals surface area contributed by atoms with Crippen LogP contribution in [0.4, 0.5) is 5.69 Å². The molecule has 0 atom stereocenters. The molecular formula is C15H16N4O3. The highest BCUT2D eigenvalue weighted by Crippen LogP contribution is 2.21. The normalized spacial score (nSPS) is 10.8. The van der Waals surface area contributed by atoms with Crippen molar-refractivity contribution in [1.29, 1.82) is 0 Å². The van der Waals surface area contributed by atoms with Gasteiger partial charge in [-0.05, 0) is 31.2 Å². The Labute approximate surface area is 127 Å². The molecule has 1 heterocycles. The van der Waals surface area contributed by atoms with Gasteiger partial charge in [0.1, 0.15) is 5.75 Å². The molecule has 0 unspecified atom stereocenters. The summed E-state index contributed by atoms with van der Waals surface area (Å²) in [5, 5.41) is 23.0. The monoisotopic (exact) mass is 300 g/mol. The zero-order valence-corrected chi connectivity index (χ0v) is 11.9. The molecule has 0 bridgehead atoms. The number of aromatic nitrogens is 1. The van der Waals surface area contributed by atoms with Crippen molar-refractivity contribution in [2.24, 2.45) is 5.10 Å². The lowest BCUT2D eigenvalue weighted by Crippen LogP contribution is -2.17. The first-order chi connectivity index (χ1) is 10.5. The van der Waals surface area contributed by atoms with E-state index in [4.69, 9.17) is 5.73 Å². The number of rotatable bonds is 4. The van der Waals surface area contributed by atoms with Crippen LogP contribution in [0.5, 0.6) is 5.75 Å². The van der Waals surface area contributed by atoms with Crippen molar-refractivity contribution in [3.8, 4) is 5.75 Å². The molecule has 0 aliphatic carbocycles. The molecule has 1 aromatic heterocycles. The summed E-state index contributed by atoms with van der Waals surface area (Å²) in [7, 11) is 0. The average molecular weight is 300 g/mol. The largest absolute Gasteiger partial charge is 0.505 e. The SMILES string of the molecule is Cc1ncc(CO)c(C=NNC(=O)c2ccc(N)cc2)c1O. The van der Waals surface area contributed by atoms with Gasteiger partial charge in [0.2, 0.25) is 0 Å². The third-order valence-electron chi connectivity index (χ3n) is 3.06. The minimum Gasteiger partial charge on any atom is -0.505 e. The van der Waals surface area contributed by atoms with E-state index in [9.17, 15) is 15.0 Å². The number of benzene rings is 1. The summed E-state index contributed by atoms with van der Waals surface area (Å²) in [5.74, 6) is -0.496. The van der Waals surface area contributed by atoms with E-state index >= 15 is 0 Å². The Balaban J connectivity index is 2.14. The first kappa shape index (κ1) is 15.5. The van der Waals surface area contributed by atoms with Gasteiger partial charge in [-0.15, -0.1) is 0 Å². The predicted molar refractivity (Wildman–Crippen MR) is 82.5 cm³/mol. The molecule has 2 aromatic rings. The number of anilines is 1. The number of hydrogen-bond donors (Lipinski definition) is 4. The van der Waals surface area contributed by atoms with Crippen LogP contribution in [-0.2, 0) is 6.61 Å². The first-order valence-electron chi connectivity index (χ1n) is 6.50. The second-order valence-electron chi connectivity index (χ2n) is 4.61. The van der Waals surface area contributed by atoms with Gasteiger partial charge in [0.25, 0.3) is 5.91 Å². The van der Waals surface area contributed by atoms with E-state index in [0.29, 0.717) is 28.1 Å². The molecule has 114 valence electrons. The molecule has 0 saturated carbocycles. The van der Waals surface area contributed by atoms with E-state index in [1.807, 2.05) is 0 Å². The molecule has 0 aliphatic rings. The zero-order chi connectivity index (χ0) is 16.1. The number of aliphatic hydroxyl groups is 1. The number of nitrogens with two attached hydrogens (primary N) is 1. The number of aromatic hydroxyl groups is 1. The summed E-state index contributed by atoms with van der Waals surface area (Å²) < 4.78 is 0. The van der Waals surface area contributed by atoms with Crippen molar-refractivity contribution in [2.45, 2.75) is 13.5 Å². The molecule has 5 N–H and O–H groups in total. The van der Waals surface area contributed by atoms with E-state index in [0.717, 1.165) is 0 Å². The zero-order valence-electron chi connectivity index (χ0n) is 11.9. The Kier molecular flexibility index (Phi) is 4.70. The molecule has 2 rings (SSSR count). The maximum atomic E-state index is 11.9. The molecule has 7 heteroatoms. The fourth-order valence-electron chi connectivity index (χ4n) is 1.78. The van der Waals surface area contributed by atoms with Crippen LogP contribution in [0.2, 0.25) is 0 Å². The van der Waals surface area contributed by atoms with E-state index in [-0.39, 0.29) is 12.4 Å².